The van der Waals surface area contributed by atoms with Gasteiger partial charge in [0.1, 0.15) is 5.75 Å². The van der Waals surface area contributed by atoms with Crippen LogP contribution in [0.3, 0.4) is 0 Å². The molecule has 22 heavy (non-hydrogen) atoms. The summed E-state index contributed by atoms with van der Waals surface area (Å²) in [6.07, 6.45) is -0.0744. The molecule has 0 aliphatic rings. The Labute approximate surface area is 134 Å². The smallest absolute Gasteiger partial charge is 0.333 e. The van der Waals surface area contributed by atoms with Gasteiger partial charge in [-0.15, -0.1) is 0 Å². The van der Waals surface area contributed by atoms with Crippen LogP contribution < -0.4 is 0 Å². The Hall–Kier alpha value is -0.830. The molecule has 2 N–H and O–H groups in total. The molecule has 1 aromatic rings. The van der Waals surface area contributed by atoms with Gasteiger partial charge < -0.3 is 14.5 Å². The van der Waals surface area contributed by atoms with Gasteiger partial charge in [0.25, 0.3) is 0 Å². The van der Waals surface area contributed by atoms with Gasteiger partial charge in [0, 0.05) is 0 Å². The standard InChI is InChI=1S/C17H29O4P/c1-15(2,3)17(7,16(4,5)6)21-22(19,20)12-13-8-10-14(18)11-9-13/h8-11,18H,12H2,1-7H3,(H,19,20). The molecule has 0 heterocycles. The molecule has 1 atom stereocenters. The van der Waals surface area contributed by atoms with Crippen LogP contribution in [0.25, 0.3) is 0 Å². The van der Waals surface area contributed by atoms with Crippen LogP contribution in [0.2, 0.25) is 0 Å². The number of phenols is 1. The molecule has 0 spiro atoms. The second kappa shape index (κ2) is 5.99. The van der Waals surface area contributed by atoms with Crippen LogP contribution in [0.15, 0.2) is 24.3 Å². The molecule has 0 aromatic heterocycles. The van der Waals surface area contributed by atoms with Gasteiger partial charge in [-0.3, -0.25) is 4.57 Å². The number of phenolic OH excluding ortho intramolecular Hbond substituents is 1. The van der Waals surface area contributed by atoms with Crippen molar-refractivity contribution in [3.63, 3.8) is 0 Å². The molecule has 126 valence electrons. The zero-order chi connectivity index (χ0) is 17.4. The highest BCUT2D eigenvalue weighted by atomic mass is 31.2. The molecular weight excluding hydrogens is 299 g/mol. The van der Waals surface area contributed by atoms with E-state index in [1.54, 1.807) is 12.1 Å². The van der Waals surface area contributed by atoms with E-state index >= 15 is 0 Å². The lowest BCUT2D eigenvalue weighted by atomic mass is 9.64. The maximum atomic E-state index is 12.6. The van der Waals surface area contributed by atoms with Crippen molar-refractivity contribution in [2.75, 3.05) is 0 Å². The SMILES string of the molecule is CC(C)(C)C(C)(OP(=O)(O)Cc1ccc(O)cc1)C(C)(C)C. The molecule has 0 aliphatic heterocycles. The average molecular weight is 328 g/mol. The van der Waals surface area contributed by atoms with Gasteiger partial charge in [0.2, 0.25) is 0 Å². The van der Waals surface area contributed by atoms with Crippen molar-refractivity contribution < 1.29 is 19.1 Å². The number of aromatic hydroxyl groups is 1. The third-order valence-electron chi connectivity index (χ3n) is 4.51. The van der Waals surface area contributed by atoms with Crippen molar-refractivity contribution in [1.29, 1.82) is 0 Å². The number of hydrogen-bond donors (Lipinski definition) is 2. The Morgan fingerprint density at radius 3 is 1.73 bits per heavy atom. The van der Waals surface area contributed by atoms with Crippen LogP contribution in [0.4, 0.5) is 0 Å². The van der Waals surface area contributed by atoms with Crippen LogP contribution in [0.5, 0.6) is 5.75 Å². The van der Waals surface area contributed by atoms with E-state index in [1.165, 1.54) is 12.1 Å². The summed E-state index contributed by atoms with van der Waals surface area (Å²) in [5.74, 6) is 0.131. The largest absolute Gasteiger partial charge is 0.508 e. The highest BCUT2D eigenvalue weighted by Crippen LogP contribution is 2.58. The van der Waals surface area contributed by atoms with Gasteiger partial charge in [-0.2, -0.15) is 0 Å². The quantitative estimate of drug-likeness (QED) is 0.768. The Morgan fingerprint density at radius 1 is 0.955 bits per heavy atom. The molecule has 0 saturated heterocycles. The van der Waals surface area contributed by atoms with Crippen LogP contribution >= 0.6 is 7.60 Å². The fourth-order valence-corrected chi connectivity index (χ4v) is 4.40. The Balaban J connectivity index is 3.07. The van der Waals surface area contributed by atoms with Crippen molar-refractivity contribution in [3.05, 3.63) is 29.8 Å². The molecule has 4 nitrogen and oxygen atoms in total. The summed E-state index contributed by atoms with van der Waals surface area (Å²) in [6.45, 7) is 14.0. The van der Waals surface area contributed by atoms with Crippen LogP contribution in [-0.4, -0.2) is 15.6 Å². The second-order valence-corrected chi connectivity index (χ2v) is 9.86. The summed E-state index contributed by atoms with van der Waals surface area (Å²) in [4.78, 5) is 10.4. The van der Waals surface area contributed by atoms with E-state index < -0.39 is 13.2 Å². The van der Waals surface area contributed by atoms with E-state index in [9.17, 15) is 14.6 Å². The lowest BCUT2D eigenvalue weighted by molar-refractivity contribution is -0.105. The topological polar surface area (TPSA) is 66.8 Å². The highest BCUT2D eigenvalue weighted by Gasteiger charge is 2.51. The van der Waals surface area contributed by atoms with E-state index in [4.69, 9.17) is 4.52 Å². The monoisotopic (exact) mass is 328 g/mol. The second-order valence-electron chi connectivity index (χ2n) is 8.09. The average Bonchev–Trinajstić information content (AvgIpc) is 2.28. The predicted molar refractivity (Wildman–Crippen MR) is 90.0 cm³/mol. The van der Waals surface area contributed by atoms with E-state index in [2.05, 4.69) is 0 Å². The van der Waals surface area contributed by atoms with Gasteiger partial charge >= 0.3 is 7.60 Å². The highest BCUT2D eigenvalue weighted by molar-refractivity contribution is 7.52. The molecular formula is C17H29O4P. The zero-order valence-corrected chi connectivity index (χ0v) is 15.6. The third-order valence-corrected chi connectivity index (χ3v) is 5.92. The predicted octanol–water partition coefficient (Wildman–Crippen LogP) is 4.95. The van der Waals surface area contributed by atoms with Gasteiger partial charge in [0.15, 0.2) is 0 Å². The molecule has 1 unspecified atom stereocenters. The molecule has 0 aliphatic carbocycles. The Kier molecular flexibility index (Phi) is 5.23. The molecule has 1 rings (SSSR count). The normalized spacial score (nSPS) is 16.4. The summed E-state index contributed by atoms with van der Waals surface area (Å²) in [7, 11) is -3.83. The minimum atomic E-state index is -3.83. The molecule has 0 bridgehead atoms. The zero-order valence-electron chi connectivity index (χ0n) is 14.7. The third kappa shape index (κ3) is 4.34. The molecule has 0 saturated carbocycles. The minimum absolute atomic E-state index is 0.0744. The van der Waals surface area contributed by atoms with Gasteiger partial charge in [-0.1, -0.05) is 53.7 Å². The number of hydrogen-bond acceptors (Lipinski definition) is 3. The van der Waals surface area contributed by atoms with Crippen molar-refractivity contribution in [2.24, 2.45) is 10.8 Å². The van der Waals surface area contributed by atoms with Crippen molar-refractivity contribution >= 4 is 7.60 Å². The molecule has 5 heteroatoms. The Bertz CT molecular complexity index is 536. The van der Waals surface area contributed by atoms with E-state index in [-0.39, 0.29) is 22.7 Å². The summed E-state index contributed by atoms with van der Waals surface area (Å²) >= 11 is 0. The van der Waals surface area contributed by atoms with Crippen LogP contribution in [-0.2, 0) is 15.3 Å². The number of benzene rings is 1. The van der Waals surface area contributed by atoms with Gasteiger partial charge in [-0.05, 0) is 35.4 Å². The molecule has 0 radical (unpaired) electrons. The maximum Gasteiger partial charge on any atom is 0.333 e. The van der Waals surface area contributed by atoms with E-state index in [0.29, 0.717) is 5.56 Å². The lowest BCUT2D eigenvalue weighted by Crippen LogP contribution is -2.52. The molecule has 0 amide bonds. The molecule has 1 aromatic carbocycles. The number of rotatable bonds is 4. The summed E-state index contributed by atoms with van der Waals surface area (Å²) in [5, 5.41) is 9.29. The fourth-order valence-electron chi connectivity index (χ4n) is 2.55. The van der Waals surface area contributed by atoms with Gasteiger partial charge in [-0.25, -0.2) is 0 Å². The van der Waals surface area contributed by atoms with E-state index in [0.717, 1.165) is 0 Å². The Morgan fingerprint density at radius 2 is 1.36 bits per heavy atom. The molecule has 0 fully saturated rings. The first kappa shape index (κ1) is 19.2. The van der Waals surface area contributed by atoms with Crippen LogP contribution in [0, 0.1) is 10.8 Å². The first-order valence-corrected chi connectivity index (χ1v) is 9.25. The van der Waals surface area contributed by atoms with Crippen LogP contribution in [0.1, 0.15) is 54.0 Å². The van der Waals surface area contributed by atoms with Gasteiger partial charge in [0.05, 0.1) is 11.8 Å². The minimum Gasteiger partial charge on any atom is -0.508 e. The first-order chi connectivity index (χ1) is 9.68. The first-order valence-electron chi connectivity index (χ1n) is 7.48. The summed E-state index contributed by atoms with van der Waals surface area (Å²) in [6, 6.07) is 6.27. The summed E-state index contributed by atoms with van der Waals surface area (Å²) < 4.78 is 18.5. The maximum absolute atomic E-state index is 12.6. The van der Waals surface area contributed by atoms with Crippen molar-refractivity contribution in [2.45, 2.75) is 60.2 Å². The van der Waals surface area contributed by atoms with Crippen molar-refractivity contribution in [1.82, 2.24) is 0 Å². The van der Waals surface area contributed by atoms with E-state index in [1.807, 2.05) is 48.5 Å². The summed E-state index contributed by atoms with van der Waals surface area (Å²) in [5.41, 5.74) is -0.730. The lowest BCUT2D eigenvalue weighted by Gasteiger charge is -2.51. The van der Waals surface area contributed by atoms with Crippen molar-refractivity contribution in [3.8, 4) is 5.75 Å². The fraction of sp³-hybridized carbons (Fsp3) is 0.647.